The van der Waals surface area contributed by atoms with Crippen molar-refractivity contribution in [2.75, 3.05) is 19.1 Å². The van der Waals surface area contributed by atoms with Gasteiger partial charge in [-0.2, -0.15) is 0 Å². The number of para-hydroxylation sites is 1. The number of ether oxygens (including phenoxy) is 2. The molecule has 0 saturated carbocycles. The van der Waals surface area contributed by atoms with Crippen LogP contribution in [-0.2, 0) is 9.59 Å². The second-order valence-electron chi connectivity index (χ2n) is 7.48. The van der Waals surface area contributed by atoms with E-state index in [2.05, 4.69) is 0 Å². The number of hydrogen-bond donors (Lipinski definition) is 1. The predicted octanol–water partition coefficient (Wildman–Crippen LogP) is 4.64. The molecule has 6 heteroatoms. The number of amides is 1. The van der Waals surface area contributed by atoms with Crippen molar-refractivity contribution >= 4 is 23.1 Å². The Hall–Kier alpha value is -4.06. The fourth-order valence-electron chi connectivity index (χ4n) is 3.89. The minimum absolute atomic E-state index is 0.00572. The number of carbonyl (C=O) groups is 2. The van der Waals surface area contributed by atoms with Gasteiger partial charge in [-0.3, -0.25) is 14.5 Å². The third-order valence-electron chi connectivity index (χ3n) is 5.54. The Bertz CT molecular complexity index is 1200. The monoisotopic (exact) mass is 429 g/mol. The first-order valence-corrected chi connectivity index (χ1v) is 10.1. The van der Waals surface area contributed by atoms with Gasteiger partial charge in [-0.1, -0.05) is 48.0 Å². The normalized spacial score (nSPS) is 17.5. The molecule has 1 amide bonds. The second kappa shape index (κ2) is 8.59. The number of methoxy groups -OCH3 is 2. The Balaban J connectivity index is 1.98. The fourth-order valence-corrected chi connectivity index (χ4v) is 3.89. The van der Waals surface area contributed by atoms with Gasteiger partial charge >= 0.3 is 0 Å². The molecule has 162 valence electrons. The van der Waals surface area contributed by atoms with Gasteiger partial charge in [0.05, 0.1) is 25.8 Å². The summed E-state index contributed by atoms with van der Waals surface area (Å²) in [6, 6.07) is 20.3. The highest BCUT2D eigenvalue weighted by Crippen LogP contribution is 2.45. The standard InChI is InChI=1S/C26H23NO5/c1-16-9-11-17(12-10-16)24(28)22-23(20-14-13-19(31-2)15-21(20)32-3)27(26(30)25(22)29)18-7-5-4-6-8-18/h4-15,23,28H,1-3H3. The maximum atomic E-state index is 13.2. The van der Waals surface area contributed by atoms with Crippen LogP contribution in [0.3, 0.4) is 0 Å². The van der Waals surface area contributed by atoms with Crippen LogP contribution in [0.2, 0.25) is 0 Å². The van der Waals surface area contributed by atoms with E-state index in [0.29, 0.717) is 28.3 Å². The lowest BCUT2D eigenvalue weighted by Crippen LogP contribution is -2.29. The third-order valence-corrected chi connectivity index (χ3v) is 5.54. The molecule has 1 saturated heterocycles. The number of hydrogen-bond acceptors (Lipinski definition) is 5. The van der Waals surface area contributed by atoms with Crippen LogP contribution in [0.15, 0.2) is 78.4 Å². The van der Waals surface area contributed by atoms with Gasteiger partial charge in [0.25, 0.3) is 11.7 Å². The molecule has 0 aliphatic carbocycles. The summed E-state index contributed by atoms with van der Waals surface area (Å²) in [6.45, 7) is 1.93. The summed E-state index contributed by atoms with van der Waals surface area (Å²) < 4.78 is 10.9. The van der Waals surface area contributed by atoms with Crippen LogP contribution in [0.1, 0.15) is 22.7 Å². The fraction of sp³-hybridized carbons (Fsp3) is 0.154. The molecule has 1 fully saturated rings. The van der Waals surface area contributed by atoms with E-state index in [1.807, 2.05) is 25.1 Å². The summed E-state index contributed by atoms with van der Waals surface area (Å²) in [5.74, 6) is -0.694. The Morgan fingerprint density at radius 2 is 1.59 bits per heavy atom. The molecule has 0 radical (unpaired) electrons. The molecule has 1 N–H and O–H groups in total. The van der Waals surface area contributed by atoms with Crippen LogP contribution in [0, 0.1) is 6.92 Å². The van der Waals surface area contributed by atoms with Crippen molar-refractivity contribution in [2.24, 2.45) is 0 Å². The molecule has 0 bridgehead atoms. The van der Waals surface area contributed by atoms with E-state index >= 15 is 0 Å². The Morgan fingerprint density at radius 1 is 0.906 bits per heavy atom. The molecule has 1 aliphatic heterocycles. The van der Waals surface area contributed by atoms with Crippen molar-refractivity contribution in [3.8, 4) is 11.5 Å². The molecular weight excluding hydrogens is 406 g/mol. The number of rotatable bonds is 5. The molecule has 3 aromatic carbocycles. The molecule has 1 aliphatic rings. The highest BCUT2D eigenvalue weighted by Gasteiger charge is 2.47. The lowest BCUT2D eigenvalue weighted by molar-refractivity contribution is -0.132. The zero-order chi connectivity index (χ0) is 22.8. The second-order valence-corrected chi connectivity index (χ2v) is 7.48. The summed E-state index contributed by atoms with van der Waals surface area (Å²) >= 11 is 0. The van der Waals surface area contributed by atoms with Gasteiger partial charge in [0.1, 0.15) is 17.3 Å². The van der Waals surface area contributed by atoms with Crippen LogP contribution >= 0.6 is 0 Å². The first-order chi connectivity index (χ1) is 15.5. The summed E-state index contributed by atoms with van der Waals surface area (Å²) in [5, 5.41) is 11.2. The molecule has 0 aromatic heterocycles. The summed E-state index contributed by atoms with van der Waals surface area (Å²) in [4.78, 5) is 27.8. The maximum Gasteiger partial charge on any atom is 0.300 e. The van der Waals surface area contributed by atoms with Gasteiger partial charge in [0, 0.05) is 22.9 Å². The average Bonchev–Trinajstić information content (AvgIpc) is 3.09. The quantitative estimate of drug-likeness (QED) is 0.363. The van der Waals surface area contributed by atoms with E-state index in [4.69, 9.17) is 9.47 Å². The van der Waals surface area contributed by atoms with Crippen LogP contribution in [0.4, 0.5) is 5.69 Å². The van der Waals surface area contributed by atoms with Gasteiger partial charge in [0.2, 0.25) is 0 Å². The number of carbonyl (C=O) groups excluding carboxylic acids is 2. The van der Waals surface area contributed by atoms with E-state index in [0.717, 1.165) is 5.56 Å². The minimum atomic E-state index is -0.875. The molecule has 1 atom stereocenters. The van der Waals surface area contributed by atoms with E-state index < -0.39 is 17.7 Å². The van der Waals surface area contributed by atoms with E-state index in [1.54, 1.807) is 61.7 Å². The zero-order valence-corrected chi connectivity index (χ0v) is 18.0. The number of aliphatic hydroxyl groups is 1. The molecule has 32 heavy (non-hydrogen) atoms. The van der Waals surface area contributed by atoms with Crippen molar-refractivity contribution in [3.63, 3.8) is 0 Å². The molecule has 0 spiro atoms. The number of Topliss-reactive ketones (excluding diaryl/α,β-unsaturated/α-hetero) is 1. The number of benzene rings is 3. The third kappa shape index (κ3) is 3.60. The van der Waals surface area contributed by atoms with Crippen molar-refractivity contribution in [1.29, 1.82) is 0 Å². The van der Waals surface area contributed by atoms with Crippen molar-refractivity contribution in [1.82, 2.24) is 0 Å². The van der Waals surface area contributed by atoms with E-state index in [-0.39, 0.29) is 11.3 Å². The van der Waals surface area contributed by atoms with Gasteiger partial charge in [-0.15, -0.1) is 0 Å². The average molecular weight is 429 g/mol. The number of anilines is 1. The van der Waals surface area contributed by atoms with Gasteiger partial charge in [0.15, 0.2) is 0 Å². The van der Waals surface area contributed by atoms with E-state index in [1.165, 1.54) is 12.0 Å². The van der Waals surface area contributed by atoms with Gasteiger partial charge in [-0.05, 0) is 31.2 Å². The lowest BCUT2D eigenvalue weighted by atomic mass is 9.94. The molecule has 1 heterocycles. The SMILES string of the molecule is COc1ccc(C2C(=C(O)c3ccc(C)cc3)C(=O)C(=O)N2c2ccccc2)c(OC)c1. The van der Waals surface area contributed by atoms with Crippen LogP contribution in [-0.4, -0.2) is 31.0 Å². The summed E-state index contributed by atoms with van der Waals surface area (Å²) in [5.41, 5.74) is 2.58. The molecular formula is C26H23NO5. The van der Waals surface area contributed by atoms with Crippen LogP contribution < -0.4 is 14.4 Å². The molecule has 4 rings (SSSR count). The van der Waals surface area contributed by atoms with Crippen LogP contribution in [0.5, 0.6) is 11.5 Å². The highest BCUT2D eigenvalue weighted by molar-refractivity contribution is 6.51. The summed E-state index contributed by atoms with van der Waals surface area (Å²) in [6.07, 6.45) is 0. The van der Waals surface area contributed by atoms with Gasteiger partial charge < -0.3 is 14.6 Å². The lowest BCUT2D eigenvalue weighted by Gasteiger charge is -2.26. The predicted molar refractivity (Wildman–Crippen MR) is 122 cm³/mol. The smallest absolute Gasteiger partial charge is 0.300 e. The Labute approximate surface area is 186 Å². The number of nitrogens with zero attached hydrogens (tertiary/aromatic N) is 1. The Morgan fingerprint density at radius 3 is 2.22 bits per heavy atom. The molecule has 6 nitrogen and oxygen atoms in total. The van der Waals surface area contributed by atoms with Crippen molar-refractivity contribution in [2.45, 2.75) is 13.0 Å². The van der Waals surface area contributed by atoms with Gasteiger partial charge in [-0.25, -0.2) is 0 Å². The minimum Gasteiger partial charge on any atom is -0.507 e. The number of ketones is 1. The zero-order valence-electron chi connectivity index (χ0n) is 18.0. The Kier molecular flexibility index (Phi) is 5.69. The summed E-state index contributed by atoms with van der Waals surface area (Å²) in [7, 11) is 3.05. The molecule has 3 aromatic rings. The first kappa shape index (κ1) is 21.2. The highest BCUT2D eigenvalue weighted by atomic mass is 16.5. The maximum absolute atomic E-state index is 13.2. The van der Waals surface area contributed by atoms with Crippen LogP contribution in [0.25, 0.3) is 5.76 Å². The first-order valence-electron chi connectivity index (χ1n) is 10.1. The topological polar surface area (TPSA) is 76.1 Å². The number of aryl methyl sites for hydroxylation is 1. The largest absolute Gasteiger partial charge is 0.507 e. The number of aliphatic hydroxyl groups excluding tert-OH is 1. The van der Waals surface area contributed by atoms with E-state index in [9.17, 15) is 14.7 Å². The van der Waals surface area contributed by atoms with Crippen molar-refractivity contribution < 1.29 is 24.2 Å². The van der Waals surface area contributed by atoms with Crippen molar-refractivity contribution in [3.05, 3.63) is 95.1 Å². The molecule has 1 unspecified atom stereocenters.